The zero-order valence-corrected chi connectivity index (χ0v) is 11.4. The lowest BCUT2D eigenvalue weighted by molar-refractivity contribution is -0.384. The summed E-state index contributed by atoms with van der Waals surface area (Å²) in [7, 11) is 0. The first-order chi connectivity index (χ1) is 10.2. The molecule has 5 heteroatoms. The largest absolute Gasteiger partial charge is 0.305 e. The molecule has 0 fully saturated rings. The van der Waals surface area contributed by atoms with Crippen LogP contribution in [0.25, 0.3) is 0 Å². The van der Waals surface area contributed by atoms with Crippen molar-refractivity contribution in [3.05, 3.63) is 75.8 Å². The number of nitro groups is 1. The minimum absolute atomic E-state index is 0.0749. The standard InChI is InChI=1S/C16H15N3O2/c17-10-9-16(14-6-2-1-3-7-14)18-12-13-5-4-8-15(11-13)19(20)21/h1-8,11,16,18H,9,12H2. The van der Waals surface area contributed by atoms with Gasteiger partial charge < -0.3 is 5.32 Å². The lowest BCUT2D eigenvalue weighted by Gasteiger charge is -2.16. The highest BCUT2D eigenvalue weighted by Crippen LogP contribution is 2.18. The molecule has 0 saturated heterocycles. The Bertz CT molecular complexity index is 650. The molecule has 0 saturated carbocycles. The van der Waals surface area contributed by atoms with Gasteiger partial charge in [-0.1, -0.05) is 42.5 Å². The second-order valence-corrected chi connectivity index (χ2v) is 4.63. The van der Waals surface area contributed by atoms with Crippen LogP contribution in [0.15, 0.2) is 54.6 Å². The number of nitrogens with one attached hydrogen (secondary N) is 1. The second-order valence-electron chi connectivity index (χ2n) is 4.63. The average Bonchev–Trinajstić information content (AvgIpc) is 2.52. The van der Waals surface area contributed by atoms with Crippen molar-refractivity contribution in [2.75, 3.05) is 0 Å². The summed E-state index contributed by atoms with van der Waals surface area (Å²) < 4.78 is 0. The van der Waals surface area contributed by atoms with Gasteiger partial charge in [-0.15, -0.1) is 0 Å². The van der Waals surface area contributed by atoms with Gasteiger partial charge in [-0.05, 0) is 11.1 Å². The second kappa shape index (κ2) is 7.17. The van der Waals surface area contributed by atoms with E-state index in [0.29, 0.717) is 13.0 Å². The van der Waals surface area contributed by atoms with Crippen molar-refractivity contribution in [2.24, 2.45) is 0 Å². The predicted molar refractivity (Wildman–Crippen MR) is 79.3 cm³/mol. The molecule has 2 rings (SSSR count). The van der Waals surface area contributed by atoms with Gasteiger partial charge in [0.05, 0.1) is 17.4 Å². The maximum atomic E-state index is 10.8. The van der Waals surface area contributed by atoms with E-state index in [0.717, 1.165) is 11.1 Å². The highest BCUT2D eigenvalue weighted by Gasteiger charge is 2.11. The lowest BCUT2D eigenvalue weighted by Crippen LogP contribution is -2.20. The first-order valence-corrected chi connectivity index (χ1v) is 6.59. The van der Waals surface area contributed by atoms with E-state index in [1.54, 1.807) is 12.1 Å². The predicted octanol–water partition coefficient (Wildman–Crippen LogP) is 3.34. The lowest BCUT2D eigenvalue weighted by atomic mass is 10.0. The third kappa shape index (κ3) is 4.13. The van der Waals surface area contributed by atoms with Crippen LogP contribution in [0.2, 0.25) is 0 Å². The third-order valence-corrected chi connectivity index (χ3v) is 3.17. The molecule has 1 N–H and O–H groups in total. The molecule has 0 aliphatic heterocycles. The van der Waals surface area contributed by atoms with Crippen molar-refractivity contribution in [1.82, 2.24) is 5.32 Å². The van der Waals surface area contributed by atoms with E-state index in [1.807, 2.05) is 36.4 Å². The van der Waals surface area contributed by atoms with Crippen LogP contribution in [-0.4, -0.2) is 4.92 Å². The van der Waals surface area contributed by atoms with Gasteiger partial charge in [-0.3, -0.25) is 10.1 Å². The number of hydrogen-bond donors (Lipinski definition) is 1. The van der Waals surface area contributed by atoms with Gasteiger partial charge in [-0.2, -0.15) is 5.26 Å². The fourth-order valence-corrected chi connectivity index (χ4v) is 2.11. The van der Waals surface area contributed by atoms with Gasteiger partial charge in [0.25, 0.3) is 5.69 Å². The van der Waals surface area contributed by atoms with Crippen molar-refractivity contribution >= 4 is 5.69 Å². The van der Waals surface area contributed by atoms with Gasteiger partial charge >= 0.3 is 0 Å². The molecular formula is C16H15N3O2. The van der Waals surface area contributed by atoms with Crippen molar-refractivity contribution in [3.63, 3.8) is 0 Å². The van der Waals surface area contributed by atoms with Gasteiger partial charge in [0.2, 0.25) is 0 Å². The smallest absolute Gasteiger partial charge is 0.269 e. The summed E-state index contributed by atoms with van der Waals surface area (Å²) >= 11 is 0. The van der Waals surface area contributed by atoms with E-state index in [1.165, 1.54) is 6.07 Å². The molecule has 1 atom stereocenters. The maximum Gasteiger partial charge on any atom is 0.269 e. The quantitative estimate of drug-likeness (QED) is 0.650. The Kier molecular flexibility index (Phi) is 5.02. The molecule has 0 aliphatic carbocycles. The molecule has 2 aromatic rings. The van der Waals surface area contributed by atoms with Crippen LogP contribution in [0.1, 0.15) is 23.6 Å². The number of nitriles is 1. The molecule has 0 bridgehead atoms. The summed E-state index contributed by atoms with van der Waals surface area (Å²) in [6.07, 6.45) is 0.346. The molecule has 5 nitrogen and oxygen atoms in total. The monoisotopic (exact) mass is 281 g/mol. The minimum atomic E-state index is -0.409. The Morgan fingerprint density at radius 3 is 2.62 bits per heavy atom. The molecule has 0 heterocycles. The van der Waals surface area contributed by atoms with Gasteiger partial charge in [0, 0.05) is 24.7 Å². The van der Waals surface area contributed by atoms with E-state index in [9.17, 15) is 10.1 Å². The van der Waals surface area contributed by atoms with E-state index in [4.69, 9.17) is 5.26 Å². The van der Waals surface area contributed by atoms with Crippen LogP contribution in [0.4, 0.5) is 5.69 Å². The summed E-state index contributed by atoms with van der Waals surface area (Å²) in [4.78, 5) is 10.3. The summed E-state index contributed by atoms with van der Waals surface area (Å²) in [6, 6.07) is 18.3. The average molecular weight is 281 g/mol. The number of non-ortho nitro benzene ring substituents is 1. The van der Waals surface area contributed by atoms with Crippen LogP contribution < -0.4 is 5.32 Å². The number of rotatable bonds is 6. The molecule has 21 heavy (non-hydrogen) atoms. The van der Waals surface area contributed by atoms with Crippen LogP contribution in [0.5, 0.6) is 0 Å². The molecular weight excluding hydrogens is 266 g/mol. The Hall–Kier alpha value is -2.71. The fraction of sp³-hybridized carbons (Fsp3) is 0.188. The molecule has 0 radical (unpaired) electrons. The van der Waals surface area contributed by atoms with Crippen molar-refractivity contribution < 1.29 is 4.92 Å². The van der Waals surface area contributed by atoms with Gasteiger partial charge in [-0.25, -0.2) is 0 Å². The van der Waals surface area contributed by atoms with Crippen molar-refractivity contribution in [1.29, 1.82) is 5.26 Å². The Balaban J connectivity index is 2.07. The van der Waals surface area contributed by atoms with Crippen LogP contribution in [0.3, 0.4) is 0 Å². The van der Waals surface area contributed by atoms with Crippen LogP contribution in [0, 0.1) is 21.4 Å². The van der Waals surface area contributed by atoms with Crippen molar-refractivity contribution in [2.45, 2.75) is 19.0 Å². The molecule has 0 spiro atoms. The Morgan fingerprint density at radius 2 is 1.95 bits per heavy atom. The summed E-state index contributed by atoms with van der Waals surface area (Å²) in [6.45, 7) is 0.475. The minimum Gasteiger partial charge on any atom is -0.305 e. The first kappa shape index (κ1) is 14.7. The van der Waals surface area contributed by atoms with Crippen LogP contribution >= 0.6 is 0 Å². The van der Waals surface area contributed by atoms with E-state index in [-0.39, 0.29) is 11.7 Å². The zero-order chi connectivity index (χ0) is 15.1. The van der Waals surface area contributed by atoms with E-state index < -0.39 is 4.92 Å². The van der Waals surface area contributed by atoms with Crippen molar-refractivity contribution in [3.8, 4) is 6.07 Å². The molecule has 2 aromatic carbocycles. The molecule has 0 amide bonds. The highest BCUT2D eigenvalue weighted by atomic mass is 16.6. The van der Waals surface area contributed by atoms with Gasteiger partial charge in [0.1, 0.15) is 0 Å². The SMILES string of the molecule is N#CCC(NCc1cccc([N+](=O)[O-])c1)c1ccccc1. The molecule has 0 aliphatic rings. The number of nitro benzene ring substituents is 1. The maximum absolute atomic E-state index is 10.8. The number of hydrogen-bond acceptors (Lipinski definition) is 4. The third-order valence-electron chi connectivity index (χ3n) is 3.17. The highest BCUT2D eigenvalue weighted by molar-refractivity contribution is 5.34. The van der Waals surface area contributed by atoms with E-state index in [2.05, 4.69) is 11.4 Å². The normalized spacial score (nSPS) is 11.6. The summed E-state index contributed by atoms with van der Waals surface area (Å²) in [5.41, 5.74) is 1.93. The Labute approximate surface area is 123 Å². The van der Waals surface area contributed by atoms with Crippen LogP contribution in [-0.2, 0) is 6.54 Å². The fourth-order valence-electron chi connectivity index (χ4n) is 2.11. The molecule has 0 aromatic heterocycles. The topological polar surface area (TPSA) is 79.0 Å². The Morgan fingerprint density at radius 1 is 1.19 bits per heavy atom. The van der Waals surface area contributed by atoms with E-state index >= 15 is 0 Å². The van der Waals surface area contributed by atoms with Gasteiger partial charge in [0.15, 0.2) is 0 Å². The first-order valence-electron chi connectivity index (χ1n) is 6.59. The zero-order valence-electron chi connectivity index (χ0n) is 11.4. The summed E-state index contributed by atoms with van der Waals surface area (Å²) in [5.74, 6) is 0. The summed E-state index contributed by atoms with van der Waals surface area (Å²) in [5, 5.41) is 23.0. The molecule has 106 valence electrons. The number of nitrogens with zero attached hydrogens (tertiary/aromatic N) is 2. The number of benzene rings is 2. The molecule has 1 unspecified atom stereocenters.